The molecule has 0 aliphatic heterocycles. The molecule has 0 radical (unpaired) electrons. The number of nitrogens with zero attached hydrogens (tertiary/aromatic N) is 6. The van der Waals surface area contributed by atoms with Crippen LogP contribution < -0.4 is 4.90 Å². The molecule has 4 aromatic rings. The van der Waals surface area contributed by atoms with Gasteiger partial charge in [-0.05, 0) is 51.0 Å². The molecule has 13 heteroatoms. The first-order valence-electron chi connectivity index (χ1n) is 10.4. The smallest absolute Gasteiger partial charge is 0.320 e. The lowest BCUT2D eigenvalue weighted by molar-refractivity contribution is -0.190. The summed E-state index contributed by atoms with van der Waals surface area (Å²) >= 11 is 0. The fourth-order valence-corrected chi connectivity index (χ4v) is 3.39. The topological polar surface area (TPSA) is 59.2 Å². The van der Waals surface area contributed by atoms with Crippen LogP contribution in [0.5, 0.6) is 0 Å². The van der Waals surface area contributed by atoms with Crippen molar-refractivity contribution in [2.45, 2.75) is 33.4 Å². The van der Waals surface area contributed by atoms with Crippen molar-refractivity contribution in [1.29, 1.82) is 0 Å². The van der Waals surface area contributed by atoms with Crippen LogP contribution in [0.4, 0.5) is 42.2 Å². The summed E-state index contributed by atoms with van der Waals surface area (Å²) in [4.78, 5) is 8.97. The van der Waals surface area contributed by atoms with Crippen LogP contribution in [0.2, 0.25) is 0 Å². The largest absolute Gasteiger partial charge is 0.404 e. The summed E-state index contributed by atoms with van der Waals surface area (Å²) in [6.07, 6.45) is -6.42. The molecule has 4 rings (SSSR count). The molecule has 6 nitrogen and oxygen atoms in total. The minimum atomic E-state index is -4.62. The molecule has 36 heavy (non-hydrogen) atoms. The number of hydrogen-bond donors (Lipinski definition) is 0. The van der Waals surface area contributed by atoms with Gasteiger partial charge < -0.3 is 4.90 Å². The third kappa shape index (κ3) is 4.50. The van der Waals surface area contributed by atoms with E-state index in [9.17, 15) is 26.3 Å². The van der Waals surface area contributed by atoms with E-state index in [2.05, 4.69) is 32.0 Å². The summed E-state index contributed by atoms with van der Waals surface area (Å²) in [6.45, 7) is 2.31. The molecule has 0 unspecified atom stereocenters. The first-order chi connectivity index (χ1) is 16.8. The van der Waals surface area contributed by atoms with Gasteiger partial charge in [0.15, 0.2) is 11.6 Å². The molecule has 0 N–H and O–H groups in total. The van der Waals surface area contributed by atoms with Crippen LogP contribution in [0.1, 0.15) is 25.4 Å². The number of fused-ring (bicyclic) bond motifs is 3. The zero-order valence-electron chi connectivity index (χ0n) is 19.0. The van der Waals surface area contributed by atoms with E-state index in [1.807, 2.05) is 0 Å². The van der Waals surface area contributed by atoms with Crippen LogP contribution >= 0.6 is 0 Å². The first-order valence-corrected chi connectivity index (χ1v) is 10.4. The van der Waals surface area contributed by atoms with E-state index >= 15 is 4.39 Å². The van der Waals surface area contributed by atoms with Crippen molar-refractivity contribution in [3.63, 3.8) is 0 Å². The fraction of sp³-hybridized carbons (Fsp3) is 0.304. The van der Waals surface area contributed by atoms with Crippen LogP contribution in [-0.4, -0.2) is 43.7 Å². The van der Waals surface area contributed by atoms with Gasteiger partial charge >= 0.3 is 6.18 Å². The number of aryl methyl sites for hydroxylation is 1. The highest BCUT2D eigenvalue weighted by molar-refractivity contribution is 5.94. The Labute approximate surface area is 199 Å². The van der Waals surface area contributed by atoms with Crippen LogP contribution in [0, 0.1) is 35.8 Å². The van der Waals surface area contributed by atoms with Gasteiger partial charge in [0.25, 0.3) is 12.2 Å². The Morgan fingerprint density at radius 1 is 1.08 bits per heavy atom. The summed E-state index contributed by atoms with van der Waals surface area (Å²) in [5.41, 5.74) is -2.46. The van der Waals surface area contributed by atoms with E-state index in [4.69, 9.17) is 0 Å². The number of alkyl halides is 5. The Morgan fingerprint density at radius 2 is 1.81 bits per heavy atom. The Kier molecular flexibility index (Phi) is 6.24. The number of pyridine rings is 1. The molecular weight excluding hydrogens is 493 g/mol. The number of anilines is 2. The highest BCUT2D eigenvalue weighted by Crippen LogP contribution is 2.37. The molecule has 0 amide bonds. The maximum atomic E-state index is 15.1. The van der Waals surface area contributed by atoms with E-state index in [0.29, 0.717) is 5.82 Å². The predicted octanol–water partition coefficient (Wildman–Crippen LogP) is 5.60. The number of aromatic nitrogens is 5. The average Bonchev–Trinajstić information content (AvgIpc) is 3.18. The lowest BCUT2D eigenvalue weighted by Gasteiger charge is -2.25. The first kappa shape index (κ1) is 25.2. The minimum absolute atomic E-state index is 0.0301. The summed E-state index contributed by atoms with van der Waals surface area (Å²) < 4.78 is 97.4. The molecule has 0 saturated carbocycles. The molecule has 0 saturated heterocycles. The molecule has 1 aromatic carbocycles. The standard InChI is InChI=1S/C23H17F7N6/c1-12-33-34-21-32-20(18-16(36(12)21)5-4-15(24)19(18)27)35(11-17(25)26)14-7-9-31-13(10-14)6-8-22(2,3)23(28,29)30/h4-5,7,9-10,17H,11H2,1-3H3. The molecule has 0 fully saturated rings. The van der Waals surface area contributed by atoms with Gasteiger partial charge in [-0.2, -0.15) is 18.2 Å². The Hall–Kier alpha value is -3.95. The van der Waals surface area contributed by atoms with Crippen molar-refractivity contribution in [1.82, 2.24) is 24.6 Å². The van der Waals surface area contributed by atoms with E-state index < -0.39 is 41.6 Å². The molecule has 0 bridgehead atoms. The molecule has 3 aromatic heterocycles. The fourth-order valence-electron chi connectivity index (χ4n) is 3.39. The van der Waals surface area contributed by atoms with Crippen molar-refractivity contribution in [3.8, 4) is 11.8 Å². The predicted molar refractivity (Wildman–Crippen MR) is 117 cm³/mol. The third-order valence-corrected chi connectivity index (χ3v) is 5.39. The number of hydrogen-bond acceptors (Lipinski definition) is 5. The highest BCUT2D eigenvalue weighted by Gasteiger charge is 2.46. The van der Waals surface area contributed by atoms with Gasteiger partial charge in [-0.3, -0.25) is 4.40 Å². The zero-order chi connectivity index (χ0) is 26.4. The molecular formula is C23H17F7N6. The molecule has 0 spiro atoms. The van der Waals surface area contributed by atoms with Crippen LogP contribution in [0.15, 0.2) is 30.5 Å². The van der Waals surface area contributed by atoms with Gasteiger partial charge in [-0.15, -0.1) is 10.2 Å². The normalized spacial score (nSPS) is 12.3. The molecule has 0 atom stereocenters. The monoisotopic (exact) mass is 510 g/mol. The van der Waals surface area contributed by atoms with E-state index in [1.54, 1.807) is 6.92 Å². The van der Waals surface area contributed by atoms with Crippen molar-refractivity contribution in [3.05, 3.63) is 53.6 Å². The van der Waals surface area contributed by atoms with Gasteiger partial charge in [-0.25, -0.2) is 22.5 Å². The van der Waals surface area contributed by atoms with E-state index in [0.717, 1.165) is 37.1 Å². The number of halogens is 7. The highest BCUT2D eigenvalue weighted by atomic mass is 19.4. The molecule has 0 aliphatic rings. The van der Waals surface area contributed by atoms with Gasteiger partial charge in [0, 0.05) is 11.9 Å². The lowest BCUT2D eigenvalue weighted by atomic mass is 9.93. The second-order valence-electron chi connectivity index (χ2n) is 8.35. The summed E-state index contributed by atoms with van der Waals surface area (Å²) in [6, 6.07) is 4.55. The Bertz CT molecular complexity index is 1510. The van der Waals surface area contributed by atoms with Gasteiger partial charge in [0.05, 0.1) is 17.4 Å². The van der Waals surface area contributed by atoms with Crippen molar-refractivity contribution in [2.75, 3.05) is 11.4 Å². The molecule has 3 heterocycles. The van der Waals surface area contributed by atoms with Crippen LogP contribution in [-0.2, 0) is 0 Å². The van der Waals surface area contributed by atoms with Crippen molar-refractivity contribution in [2.24, 2.45) is 5.41 Å². The quantitative estimate of drug-likeness (QED) is 0.264. The molecule has 0 aliphatic carbocycles. The third-order valence-electron chi connectivity index (χ3n) is 5.39. The van der Waals surface area contributed by atoms with Crippen LogP contribution in [0.3, 0.4) is 0 Å². The maximum absolute atomic E-state index is 15.1. The molecule has 188 valence electrons. The number of rotatable bonds is 4. The SMILES string of the molecule is Cc1nnc2nc(N(CC(F)F)c3ccnc(C#CC(C)(C)C(F)(F)F)c3)c3c(F)c(F)ccc3n12. The Balaban J connectivity index is 1.94. The maximum Gasteiger partial charge on any atom is 0.404 e. The van der Waals surface area contributed by atoms with Gasteiger partial charge in [-0.1, -0.05) is 5.92 Å². The average molecular weight is 510 g/mol. The van der Waals surface area contributed by atoms with E-state index in [1.165, 1.54) is 16.5 Å². The van der Waals surface area contributed by atoms with Crippen molar-refractivity contribution >= 4 is 28.2 Å². The zero-order valence-corrected chi connectivity index (χ0v) is 19.0. The lowest BCUT2D eigenvalue weighted by Crippen LogP contribution is -2.30. The second-order valence-corrected chi connectivity index (χ2v) is 8.35. The Morgan fingerprint density at radius 3 is 2.47 bits per heavy atom. The van der Waals surface area contributed by atoms with Gasteiger partial charge in [0.1, 0.15) is 22.8 Å². The van der Waals surface area contributed by atoms with E-state index in [-0.39, 0.29) is 28.5 Å². The van der Waals surface area contributed by atoms with Crippen LogP contribution in [0.25, 0.3) is 16.7 Å². The van der Waals surface area contributed by atoms with Gasteiger partial charge in [0.2, 0.25) is 0 Å². The minimum Gasteiger partial charge on any atom is -0.320 e. The van der Waals surface area contributed by atoms with Crippen molar-refractivity contribution < 1.29 is 30.7 Å². The summed E-state index contributed by atoms with van der Waals surface area (Å²) in [5, 5.41) is 7.32. The summed E-state index contributed by atoms with van der Waals surface area (Å²) in [7, 11) is 0. The second kappa shape index (κ2) is 8.92. The number of benzene rings is 1. The summed E-state index contributed by atoms with van der Waals surface area (Å²) in [5.74, 6) is 1.69.